The Morgan fingerprint density at radius 2 is 2.24 bits per heavy atom. The van der Waals surface area contributed by atoms with Crippen molar-refractivity contribution in [2.75, 3.05) is 25.0 Å². The van der Waals surface area contributed by atoms with E-state index in [2.05, 4.69) is 10.6 Å². The summed E-state index contributed by atoms with van der Waals surface area (Å²) in [6, 6.07) is 4.62. The van der Waals surface area contributed by atoms with E-state index in [4.69, 9.17) is 10.00 Å². The number of hydrogen-bond donors (Lipinski definition) is 2. The van der Waals surface area contributed by atoms with Gasteiger partial charge in [-0.25, -0.2) is 0 Å². The summed E-state index contributed by atoms with van der Waals surface area (Å²) >= 11 is 0. The zero-order chi connectivity index (χ0) is 15.5. The maximum Gasteiger partial charge on any atom is 0.418 e. The number of anilines is 1. The highest BCUT2D eigenvalue weighted by Crippen LogP contribution is 2.35. The number of amides is 1. The Labute approximate surface area is 118 Å². The molecular formula is C13H12F3N3O2. The lowest BCUT2D eigenvalue weighted by Crippen LogP contribution is -2.45. The van der Waals surface area contributed by atoms with Crippen molar-refractivity contribution in [2.24, 2.45) is 0 Å². The van der Waals surface area contributed by atoms with Crippen LogP contribution < -0.4 is 10.6 Å². The van der Waals surface area contributed by atoms with Gasteiger partial charge in [0.15, 0.2) is 0 Å². The van der Waals surface area contributed by atoms with Crippen molar-refractivity contribution in [1.82, 2.24) is 5.32 Å². The average Bonchev–Trinajstić information content (AvgIpc) is 2.47. The number of nitrogens with zero attached hydrogens (tertiary/aromatic N) is 1. The van der Waals surface area contributed by atoms with Crippen LogP contribution in [-0.2, 0) is 15.7 Å². The summed E-state index contributed by atoms with van der Waals surface area (Å²) in [6.07, 6.45) is -5.50. The van der Waals surface area contributed by atoms with Crippen LogP contribution in [0.25, 0.3) is 0 Å². The molecule has 21 heavy (non-hydrogen) atoms. The number of benzene rings is 1. The number of carbonyl (C=O) groups is 1. The molecule has 112 valence electrons. The molecule has 0 saturated carbocycles. The normalized spacial score (nSPS) is 18.9. The molecule has 1 aromatic carbocycles. The number of nitriles is 1. The zero-order valence-electron chi connectivity index (χ0n) is 10.8. The minimum absolute atomic E-state index is 0.129. The predicted octanol–water partition coefficient (Wildman–Crippen LogP) is 1.50. The summed E-state index contributed by atoms with van der Waals surface area (Å²) in [5, 5.41) is 13.8. The van der Waals surface area contributed by atoms with E-state index in [0.717, 1.165) is 6.07 Å². The number of alkyl halides is 3. The van der Waals surface area contributed by atoms with Crippen molar-refractivity contribution in [3.05, 3.63) is 29.3 Å². The van der Waals surface area contributed by atoms with E-state index in [-0.39, 0.29) is 17.8 Å². The molecule has 1 amide bonds. The van der Waals surface area contributed by atoms with Crippen molar-refractivity contribution >= 4 is 11.6 Å². The lowest BCUT2D eigenvalue weighted by atomic mass is 10.1. The Balaban J connectivity index is 2.23. The van der Waals surface area contributed by atoms with Gasteiger partial charge in [0.1, 0.15) is 6.10 Å². The van der Waals surface area contributed by atoms with Gasteiger partial charge in [-0.1, -0.05) is 0 Å². The summed E-state index contributed by atoms with van der Waals surface area (Å²) in [6.45, 7) is 1.15. The lowest BCUT2D eigenvalue weighted by Gasteiger charge is -2.23. The highest BCUT2D eigenvalue weighted by atomic mass is 19.4. The molecule has 2 rings (SSSR count). The van der Waals surface area contributed by atoms with E-state index in [1.54, 1.807) is 6.07 Å². The molecule has 1 saturated heterocycles. The maximum atomic E-state index is 13.0. The maximum absolute atomic E-state index is 13.0. The first-order valence-corrected chi connectivity index (χ1v) is 6.16. The standard InChI is InChI=1S/C13H12F3N3O2/c14-13(15,16)9-5-8(6-17)1-2-10(9)19-12(20)11-7-18-3-4-21-11/h1-2,5,11,18H,3-4,7H2,(H,19,20). The van der Waals surface area contributed by atoms with Crippen molar-refractivity contribution in [3.8, 4) is 6.07 Å². The zero-order valence-corrected chi connectivity index (χ0v) is 10.8. The van der Waals surface area contributed by atoms with Gasteiger partial charge >= 0.3 is 6.18 Å². The molecule has 1 aromatic rings. The third-order valence-corrected chi connectivity index (χ3v) is 2.93. The van der Waals surface area contributed by atoms with Gasteiger partial charge in [0.2, 0.25) is 0 Å². The molecule has 8 heteroatoms. The van der Waals surface area contributed by atoms with Gasteiger partial charge in [0, 0.05) is 13.1 Å². The van der Waals surface area contributed by atoms with Crippen LogP contribution in [0.4, 0.5) is 18.9 Å². The van der Waals surface area contributed by atoms with Crippen molar-refractivity contribution in [1.29, 1.82) is 5.26 Å². The van der Waals surface area contributed by atoms with Crippen LogP contribution in [-0.4, -0.2) is 31.7 Å². The number of ether oxygens (including phenoxy) is 1. The van der Waals surface area contributed by atoms with Crippen LogP contribution in [0.3, 0.4) is 0 Å². The Bertz CT molecular complexity index is 575. The van der Waals surface area contributed by atoms with E-state index < -0.39 is 23.8 Å². The van der Waals surface area contributed by atoms with Gasteiger partial charge in [0.25, 0.3) is 5.91 Å². The van der Waals surface area contributed by atoms with Crippen LogP contribution in [0.1, 0.15) is 11.1 Å². The molecule has 1 heterocycles. The minimum atomic E-state index is -4.67. The molecule has 0 bridgehead atoms. The number of nitrogens with one attached hydrogen (secondary N) is 2. The van der Waals surface area contributed by atoms with Crippen LogP contribution in [0.15, 0.2) is 18.2 Å². The molecule has 1 aliphatic rings. The SMILES string of the molecule is N#Cc1ccc(NC(=O)C2CNCCO2)c(C(F)(F)F)c1. The lowest BCUT2D eigenvalue weighted by molar-refractivity contribution is -0.137. The number of hydrogen-bond acceptors (Lipinski definition) is 4. The molecule has 0 aromatic heterocycles. The van der Waals surface area contributed by atoms with Crippen LogP contribution in [0, 0.1) is 11.3 Å². The molecule has 1 fully saturated rings. The molecule has 2 N–H and O–H groups in total. The molecule has 0 aliphatic carbocycles. The van der Waals surface area contributed by atoms with Crippen LogP contribution >= 0.6 is 0 Å². The minimum Gasteiger partial charge on any atom is -0.366 e. The average molecular weight is 299 g/mol. The Morgan fingerprint density at radius 3 is 2.81 bits per heavy atom. The number of halogens is 3. The smallest absolute Gasteiger partial charge is 0.366 e. The van der Waals surface area contributed by atoms with Gasteiger partial charge in [-0.2, -0.15) is 18.4 Å². The van der Waals surface area contributed by atoms with Gasteiger partial charge in [-0.05, 0) is 18.2 Å². The summed E-state index contributed by atoms with van der Waals surface area (Å²) < 4.78 is 44.0. The van der Waals surface area contributed by atoms with E-state index in [9.17, 15) is 18.0 Å². The topological polar surface area (TPSA) is 74.2 Å². The number of morpholine rings is 1. The van der Waals surface area contributed by atoms with Gasteiger partial charge in [-0.15, -0.1) is 0 Å². The van der Waals surface area contributed by atoms with E-state index in [1.165, 1.54) is 6.07 Å². The summed E-state index contributed by atoms with van der Waals surface area (Å²) in [5.74, 6) is -0.655. The monoisotopic (exact) mass is 299 g/mol. The van der Waals surface area contributed by atoms with Crippen molar-refractivity contribution < 1.29 is 22.7 Å². The first-order chi connectivity index (χ1) is 9.91. The highest BCUT2D eigenvalue weighted by Gasteiger charge is 2.35. The molecule has 0 spiro atoms. The Kier molecular flexibility index (Phi) is 4.45. The van der Waals surface area contributed by atoms with Gasteiger partial charge < -0.3 is 15.4 Å². The second-order valence-corrected chi connectivity index (χ2v) is 4.42. The molecule has 5 nitrogen and oxygen atoms in total. The summed E-state index contributed by atoms with van der Waals surface area (Å²) in [5.41, 5.74) is -1.57. The molecule has 1 unspecified atom stereocenters. The van der Waals surface area contributed by atoms with Crippen LogP contribution in [0.5, 0.6) is 0 Å². The predicted molar refractivity (Wildman–Crippen MR) is 67.4 cm³/mol. The Morgan fingerprint density at radius 1 is 1.48 bits per heavy atom. The second-order valence-electron chi connectivity index (χ2n) is 4.42. The fourth-order valence-corrected chi connectivity index (χ4v) is 1.90. The third kappa shape index (κ3) is 3.71. The summed E-state index contributed by atoms with van der Waals surface area (Å²) in [7, 11) is 0. The second kappa shape index (κ2) is 6.11. The van der Waals surface area contributed by atoms with Crippen LogP contribution in [0.2, 0.25) is 0 Å². The fourth-order valence-electron chi connectivity index (χ4n) is 1.90. The highest BCUT2D eigenvalue weighted by molar-refractivity contribution is 5.95. The van der Waals surface area contributed by atoms with E-state index >= 15 is 0 Å². The molecule has 0 radical (unpaired) electrons. The van der Waals surface area contributed by atoms with E-state index in [1.807, 2.05) is 0 Å². The Hall–Kier alpha value is -2.11. The van der Waals surface area contributed by atoms with Gasteiger partial charge in [0.05, 0.1) is 29.5 Å². The largest absolute Gasteiger partial charge is 0.418 e. The first kappa shape index (κ1) is 15.3. The molecule has 1 atom stereocenters. The quantitative estimate of drug-likeness (QED) is 0.868. The van der Waals surface area contributed by atoms with Crippen molar-refractivity contribution in [2.45, 2.75) is 12.3 Å². The fraction of sp³-hybridized carbons (Fsp3) is 0.385. The first-order valence-electron chi connectivity index (χ1n) is 6.16. The molecule has 1 aliphatic heterocycles. The number of carbonyl (C=O) groups excluding carboxylic acids is 1. The van der Waals surface area contributed by atoms with E-state index in [0.29, 0.717) is 19.2 Å². The third-order valence-electron chi connectivity index (χ3n) is 2.93. The summed E-state index contributed by atoms with van der Waals surface area (Å²) in [4.78, 5) is 11.9. The van der Waals surface area contributed by atoms with Crippen molar-refractivity contribution in [3.63, 3.8) is 0 Å². The molecular weight excluding hydrogens is 287 g/mol. The van der Waals surface area contributed by atoms with Gasteiger partial charge in [-0.3, -0.25) is 4.79 Å². The number of rotatable bonds is 2.